The lowest BCUT2D eigenvalue weighted by atomic mass is 10.2. The minimum atomic E-state index is -0.469. The second-order valence-corrected chi connectivity index (χ2v) is 6.31. The smallest absolute Gasteiger partial charge is 0.337 e. The number of anilines is 2. The molecule has 0 spiro atoms. The van der Waals surface area contributed by atoms with Crippen molar-refractivity contribution in [3.8, 4) is 0 Å². The molecule has 6 nitrogen and oxygen atoms in total. The number of esters is 1. The number of methoxy groups -OCH3 is 1. The Labute approximate surface area is 151 Å². The number of carbonyl (C=O) groups is 3. The van der Waals surface area contributed by atoms with Gasteiger partial charge in [-0.3, -0.25) is 9.59 Å². The van der Waals surface area contributed by atoms with Crippen molar-refractivity contribution in [1.29, 1.82) is 0 Å². The Bertz CT molecular complexity index is 862. The Morgan fingerprint density at radius 2 is 1.65 bits per heavy atom. The third-order valence-corrected chi connectivity index (χ3v) is 4.42. The first-order valence-electron chi connectivity index (χ1n) is 8.35. The lowest BCUT2D eigenvalue weighted by molar-refractivity contribution is -0.122. The molecular formula is C20H20N2O4. The van der Waals surface area contributed by atoms with Gasteiger partial charge < -0.3 is 15.4 Å². The summed E-state index contributed by atoms with van der Waals surface area (Å²) in [6.07, 6.45) is 0.514. The monoisotopic (exact) mass is 352 g/mol. The Morgan fingerprint density at radius 1 is 0.962 bits per heavy atom. The molecule has 0 radical (unpaired) electrons. The summed E-state index contributed by atoms with van der Waals surface area (Å²) in [5.41, 5.74) is 2.59. The molecule has 1 fully saturated rings. The summed E-state index contributed by atoms with van der Waals surface area (Å²) in [4.78, 5) is 36.2. The molecule has 6 heteroatoms. The van der Waals surface area contributed by atoms with Crippen LogP contribution in [0.4, 0.5) is 11.4 Å². The van der Waals surface area contributed by atoms with Gasteiger partial charge in [-0.25, -0.2) is 4.79 Å². The Balaban J connectivity index is 1.58. The first-order chi connectivity index (χ1) is 12.5. The van der Waals surface area contributed by atoms with Crippen LogP contribution >= 0.6 is 0 Å². The summed E-state index contributed by atoms with van der Waals surface area (Å²) in [6.45, 7) is 1.92. The number of para-hydroxylation sites is 1. The van der Waals surface area contributed by atoms with E-state index in [9.17, 15) is 14.4 Å². The summed E-state index contributed by atoms with van der Waals surface area (Å²) < 4.78 is 4.67. The van der Waals surface area contributed by atoms with E-state index in [1.54, 1.807) is 24.3 Å². The van der Waals surface area contributed by atoms with Gasteiger partial charge in [0.2, 0.25) is 11.8 Å². The third kappa shape index (κ3) is 3.91. The maximum Gasteiger partial charge on any atom is 0.337 e. The number of hydrogen-bond donors (Lipinski definition) is 2. The van der Waals surface area contributed by atoms with Crippen molar-refractivity contribution >= 4 is 29.2 Å². The normalized spacial score (nSPS) is 17.9. The van der Waals surface area contributed by atoms with Crippen LogP contribution in [0.2, 0.25) is 0 Å². The van der Waals surface area contributed by atoms with Crippen molar-refractivity contribution in [3.63, 3.8) is 0 Å². The van der Waals surface area contributed by atoms with Gasteiger partial charge in [0, 0.05) is 11.4 Å². The molecule has 2 aromatic carbocycles. The van der Waals surface area contributed by atoms with Crippen molar-refractivity contribution in [2.75, 3.05) is 17.7 Å². The zero-order valence-electron chi connectivity index (χ0n) is 14.6. The van der Waals surface area contributed by atoms with Crippen LogP contribution in [-0.4, -0.2) is 24.9 Å². The first-order valence-corrected chi connectivity index (χ1v) is 8.35. The molecule has 2 aromatic rings. The Hall–Kier alpha value is -3.15. The molecule has 0 aromatic heterocycles. The van der Waals surface area contributed by atoms with E-state index in [4.69, 9.17) is 0 Å². The van der Waals surface area contributed by atoms with Crippen LogP contribution in [0.3, 0.4) is 0 Å². The zero-order chi connectivity index (χ0) is 18.7. The third-order valence-electron chi connectivity index (χ3n) is 4.42. The van der Waals surface area contributed by atoms with Crippen molar-refractivity contribution < 1.29 is 19.1 Å². The number of benzene rings is 2. The van der Waals surface area contributed by atoms with E-state index in [0.29, 0.717) is 17.7 Å². The van der Waals surface area contributed by atoms with E-state index in [1.807, 2.05) is 31.2 Å². The molecule has 2 unspecified atom stereocenters. The summed E-state index contributed by atoms with van der Waals surface area (Å²) in [6, 6.07) is 14.0. The zero-order valence-corrected chi connectivity index (χ0v) is 14.6. The van der Waals surface area contributed by atoms with E-state index in [0.717, 1.165) is 11.3 Å². The molecule has 0 saturated heterocycles. The van der Waals surface area contributed by atoms with Gasteiger partial charge in [-0.15, -0.1) is 0 Å². The highest BCUT2D eigenvalue weighted by Gasteiger charge is 2.48. The van der Waals surface area contributed by atoms with Gasteiger partial charge in [0.1, 0.15) is 0 Å². The topological polar surface area (TPSA) is 84.5 Å². The highest BCUT2D eigenvalue weighted by atomic mass is 16.5. The lowest BCUT2D eigenvalue weighted by Crippen LogP contribution is -2.21. The van der Waals surface area contributed by atoms with Crippen molar-refractivity contribution in [2.24, 2.45) is 11.8 Å². The van der Waals surface area contributed by atoms with Crippen molar-refractivity contribution in [3.05, 3.63) is 59.7 Å². The van der Waals surface area contributed by atoms with Gasteiger partial charge in [0.05, 0.1) is 24.5 Å². The van der Waals surface area contributed by atoms with Crippen LogP contribution in [0, 0.1) is 18.8 Å². The number of carbonyl (C=O) groups excluding carboxylic acids is 3. The SMILES string of the molecule is COC(=O)c1cccc(NC(=O)C2CC2C(=O)Nc2ccccc2C)c1. The maximum atomic E-state index is 12.4. The number of rotatable bonds is 5. The highest BCUT2D eigenvalue weighted by molar-refractivity contribution is 6.03. The number of nitrogens with one attached hydrogen (secondary N) is 2. The van der Waals surface area contributed by atoms with Crippen molar-refractivity contribution in [2.45, 2.75) is 13.3 Å². The number of ether oxygens (including phenoxy) is 1. The molecule has 1 saturated carbocycles. The maximum absolute atomic E-state index is 12.4. The molecule has 0 heterocycles. The number of hydrogen-bond acceptors (Lipinski definition) is 4. The molecule has 2 N–H and O–H groups in total. The fourth-order valence-corrected chi connectivity index (χ4v) is 2.79. The molecule has 1 aliphatic carbocycles. The Morgan fingerprint density at radius 3 is 2.35 bits per heavy atom. The molecule has 0 bridgehead atoms. The quantitative estimate of drug-likeness (QED) is 0.810. The summed E-state index contributed by atoms with van der Waals surface area (Å²) in [5, 5.41) is 5.63. The van der Waals surface area contributed by atoms with Crippen LogP contribution in [-0.2, 0) is 14.3 Å². The van der Waals surface area contributed by atoms with Crippen molar-refractivity contribution in [1.82, 2.24) is 0 Å². The molecular weight excluding hydrogens is 332 g/mol. The molecule has 3 rings (SSSR count). The van der Waals surface area contributed by atoms with E-state index < -0.39 is 5.97 Å². The fourth-order valence-electron chi connectivity index (χ4n) is 2.79. The van der Waals surface area contributed by atoms with Gasteiger partial charge in [-0.2, -0.15) is 0 Å². The van der Waals surface area contributed by atoms with E-state index in [2.05, 4.69) is 15.4 Å². The minimum Gasteiger partial charge on any atom is -0.465 e. The second-order valence-electron chi connectivity index (χ2n) is 6.31. The van der Waals surface area contributed by atoms with E-state index in [-0.39, 0.29) is 23.7 Å². The molecule has 26 heavy (non-hydrogen) atoms. The fraction of sp³-hybridized carbons (Fsp3) is 0.250. The van der Waals surface area contributed by atoms with Gasteiger partial charge in [-0.05, 0) is 43.2 Å². The second kappa shape index (κ2) is 7.39. The lowest BCUT2D eigenvalue weighted by Gasteiger charge is -2.08. The predicted molar refractivity (Wildman–Crippen MR) is 97.8 cm³/mol. The van der Waals surface area contributed by atoms with Crippen LogP contribution in [0.5, 0.6) is 0 Å². The molecule has 0 aliphatic heterocycles. The molecule has 2 atom stereocenters. The predicted octanol–water partition coefficient (Wildman–Crippen LogP) is 2.99. The molecule has 134 valence electrons. The average Bonchev–Trinajstić information content (AvgIpc) is 3.44. The van der Waals surface area contributed by atoms with Crippen LogP contribution < -0.4 is 10.6 Å². The Kier molecular flexibility index (Phi) is 5.02. The van der Waals surface area contributed by atoms with Gasteiger partial charge in [0.15, 0.2) is 0 Å². The average molecular weight is 352 g/mol. The highest BCUT2D eigenvalue weighted by Crippen LogP contribution is 2.40. The van der Waals surface area contributed by atoms with Gasteiger partial charge >= 0.3 is 5.97 Å². The van der Waals surface area contributed by atoms with Crippen LogP contribution in [0.1, 0.15) is 22.3 Å². The van der Waals surface area contributed by atoms with E-state index >= 15 is 0 Å². The summed E-state index contributed by atoms with van der Waals surface area (Å²) in [5.74, 6) is -1.54. The number of aryl methyl sites for hydroxylation is 1. The van der Waals surface area contributed by atoms with Gasteiger partial charge in [0.25, 0.3) is 0 Å². The van der Waals surface area contributed by atoms with Crippen LogP contribution in [0.15, 0.2) is 48.5 Å². The summed E-state index contributed by atoms with van der Waals surface area (Å²) >= 11 is 0. The minimum absolute atomic E-state index is 0.150. The summed E-state index contributed by atoms with van der Waals surface area (Å²) in [7, 11) is 1.30. The largest absolute Gasteiger partial charge is 0.465 e. The van der Waals surface area contributed by atoms with Crippen LogP contribution in [0.25, 0.3) is 0 Å². The van der Waals surface area contributed by atoms with E-state index in [1.165, 1.54) is 7.11 Å². The molecule has 1 aliphatic rings. The standard InChI is InChI=1S/C20H20N2O4/c1-12-6-3-4-9-17(12)22-19(24)16-11-15(16)18(23)21-14-8-5-7-13(10-14)20(25)26-2/h3-10,15-16H,11H2,1-2H3,(H,21,23)(H,22,24). The van der Waals surface area contributed by atoms with Gasteiger partial charge in [-0.1, -0.05) is 24.3 Å². The number of amides is 2. The first kappa shape index (κ1) is 17.7. The molecule has 2 amide bonds.